The molecule has 1 rings (SSSR count). The van der Waals surface area contributed by atoms with Gasteiger partial charge in [-0.1, -0.05) is 38.9 Å². The smallest absolute Gasteiger partial charge is 0.0699 e. The van der Waals surface area contributed by atoms with E-state index in [2.05, 4.69) is 13.8 Å². The summed E-state index contributed by atoms with van der Waals surface area (Å²) < 4.78 is 0. The summed E-state index contributed by atoms with van der Waals surface area (Å²) in [6.45, 7) is 4.58. The van der Waals surface area contributed by atoms with Crippen LogP contribution < -0.4 is 0 Å². The fourth-order valence-electron chi connectivity index (χ4n) is 1.96. The van der Waals surface area contributed by atoms with E-state index in [0.717, 1.165) is 11.8 Å². The van der Waals surface area contributed by atoms with Crippen molar-refractivity contribution in [1.82, 2.24) is 0 Å². The molecule has 0 nitrogen and oxygen atoms in total. The molecule has 0 spiro atoms. The summed E-state index contributed by atoms with van der Waals surface area (Å²) in [5.41, 5.74) is 0. The Hall–Kier alpha value is 0.0649. The molecule has 2 radical (unpaired) electrons. The Balaban J connectivity index is 2.38. The van der Waals surface area contributed by atoms with E-state index in [4.69, 9.17) is 7.85 Å². The Kier molecular flexibility index (Phi) is 2.20. The van der Waals surface area contributed by atoms with Gasteiger partial charge in [-0.2, -0.15) is 0 Å². The lowest BCUT2D eigenvalue weighted by Crippen LogP contribution is -2.00. The van der Waals surface area contributed by atoms with Crippen LogP contribution in [0.1, 0.15) is 33.1 Å². The molecule has 9 heavy (non-hydrogen) atoms. The van der Waals surface area contributed by atoms with Crippen molar-refractivity contribution in [3.05, 3.63) is 0 Å². The van der Waals surface area contributed by atoms with Crippen molar-refractivity contribution in [3.8, 4) is 0 Å². The third-order valence-corrected chi connectivity index (χ3v) is 2.61. The molecule has 0 aromatic rings. The average molecular weight is 122 g/mol. The average Bonchev–Trinajstić information content (AvgIpc) is 2.10. The van der Waals surface area contributed by atoms with Crippen molar-refractivity contribution in [2.24, 2.45) is 11.8 Å². The fraction of sp³-hybridized carbons (Fsp3) is 1.00. The first kappa shape index (κ1) is 7.18. The lowest BCUT2D eigenvalue weighted by atomic mass is 9.85. The van der Waals surface area contributed by atoms with Gasteiger partial charge in [-0.25, -0.2) is 0 Å². The quantitative estimate of drug-likeness (QED) is 0.468. The summed E-state index contributed by atoms with van der Waals surface area (Å²) in [7, 11) is 5.79. The minimum atomic E-state index is 0.505. The van der Waals surface area contributed by atoms with Gasteiger partial charge in [0.05, 0.1) is 7.85 Å². The van der Waals surface area contributed by atoms with Crippen molar-refractivity contribution in [2.75, 3.05) is 0 Å². The van der Waals surface area contributed by atoms with E-state index in [9.17, 15) is 0 Å². The molecular weight excluding hydrogens is 107 g/mol. The Morgan fingerprint density at radius 1 is 1.44 bits per heavy atom. The molecule has 3 atom stereocenters. The molecule has 0 amide bonds. The highest BCUT2D eigenvalue weighted by atomic mass is 14.3. The molecule has 1 saturated carbocycles. The SMILES string of the molecule is [B]C1CC(C)C(CC)C1. The van der Waals surface area contributed by atoms with Gasteiger partial charge in [0.2, 0.25) is 0 Å². The minimum Gasteiger partial charge on any atom is -0.0769 e. The van der Waals surface area contributed by atoms with Gasteiger partial charge in [0.15, 0.2) is 0 Å². The van der Waals surface area contributed by atoms with E-state index in [-0.39, 0.29) is 0 Å². The van der Waals surface area contributed by atoms with Crippen LogP contribution in [0.5, 0.6) is 0 Å². The third-order valence-electron chi connectivity index (χ3n) is 2.61. The number of rotatable bonds is 1. The van der Waals surface area contributed by atoms with Crippen LogP contribution in [0, 0.1) is 11.8 Å². The summed E-state index contributed by atoms with van der Waals surface area (Å²) in [6, 6.07) is 0. The topological polar surface area (TPSA) is 0 Å². The van der Waals surface area contributed by atoms with Gasteiger partial charge >= 0.3 is 0 Å². The highest BCUT2D eigenvalue weighted by molar-refractivity contribution is 6.11. The first-order valence-electron chi connectivity index (χ1n) is 3.99. The van der Waals surface area contributed by atoms with E-state index >= 15 is 0 Å². The molecule has 0 aromatic carbocycles. The zero-order valence-corrected chi connectivity index (χ0v) is 6.43. The Morgan fingerprint density at radius 2 is 2.11 bits per heavy atom. The van der Waals surface area contributed by atoms with Gasteiger partial charge < -0.3 is 0 Å². The van der Waals surface area contributed by atoms with Crippen LogP contribution in [0.2, 0.25) is 5.82 Å². The highest BCUT2D eigenvalue weighted by Gasteiger charge is 2.26. The van der Waals surface area contributed by atoms with Crippen molar-refractivity contribution < 1.29 is 0 Å². The summed E-state index contributed by atoms with van der Waals surface area (Å²) in [4.78, 5) is 0. The van der Waals surface area contributed by atoms with Crippen LogP contribution in [0.15, 0.2) is 0 Å². The van der Waals surface area contributed by atoms with Crippen LogP contribution >= 0.6 is 0 Å². The van der Waals surface area contributed by atoms with Crippen molar-refractivity contribution in [2.45, 2.75) is 38.9 Å². The molecule has 1 fully saturated rings. The van der Waals surface area contributed by atoms with E-state index in [0.29, 0.717) is 5.82 Å². The molecule has 3 unspecified atom stereocenters. The lowest BCUT2D eigenvalue weighted by molar-refractivity contribution is 0.407. The number of hydrogen-bond donors (Lipinski definition) is 0. The van der Waals surface area contributed by atoms with Crippen molar-refractivity contribution in [3.63, 3.8) is 0 Å². The molecule has 0 heterocycles. The summed E-state index contributed by atoms with van der Waals surface area (Å²) in [5.74, 6) is 2.30. The van der Waals surface area contributed by atoms with Gasteiger partial charge in [-0.3, -0.25) is 0 Å². The number of hydrogen-bond acceptors (Lipinski definition) is 0. The normalized spacial score (nSPS) is 43.6. The third kappa shape index (κ3) is 1.50. The second kappa shape index (κ2) is 2.77. The van der Waals surface area contributed by atoms with E-state index in [1.165, 1.54) is 19.3 Å². The second-order valence-electron chi connectivity index (χ2n) is 3.38. The Labute approximate surface area is 59.4 Å². The van der Waals surface area contributed by atoms with Crippen LogP contribution in [-0.4, -0.2) is 7.85 Å². The lowest BCUT2D eigenvalue weighted by Gasteiger charge is -2.10. The van der Waals surface area contributed by atoms with Gasteiger partial charge in [-0.05, 0) is 11.8 Å². The molecule has 1 aliphatic carbocycles. The van der Waals surface area contributed by atoms with E-state index in [1.807, 2.05) is 0 Å². The van der Waals surface area contributed by atoms with Crippen LogP contribution in [0.3, 0.4) is 0 Å². The monoisotopic (exact) mass is 122 g/mol. The molecule has 50 valence electrons. The van der Waals surface area contributed by atoms with Crippen molar-refractivity contribution in [1.29, 1.82) is 0 Å². The maximum Gasteiger partial charge on any atom is 0.0699 e. The minimum absolute atomic E-state index is 0.505. The maximum absolute atomic E-state index is 5.79. The molecule has 0 bridgehead atoms. The zero-order valence-electron chi connectivity index (χ0n) is 6.43. The largest absolute Gasteiger partial charge is 0.0769 e. The fourth-order valence-corrected chi connectivity index (χ4v) is 1.96. The Morgan fingerprint density at radius 3 is 2.33 bits per heavy atom. The van der Waals surface area contributed by atoms with Gasteiger partial charge in [0.25, 0.3) is 0 Å². The molecular formula is C8H15B. The predicted octanol–water partition coefficient (Wildman–Crippen LogP) is 2.40. The zero-order chi connectivity index (χ0) is 6.85. The first-order chi connectivity index (χ1) is 4.24. The summed E-state index contributed by atoms with van der Waals surface area (Å²) in [6.07, 6.45) is 3.82. The van der Waals surface area contributed by atoms with Crippen LogP contribution in [0.25, 0.3) is 0 Å². The summed E-state index contributed by atoms with van der Waals surface area (Å²) >= 11 is 0. The maximum atomic E-state index is 5.79. The first-order valence-corrected chi connectivity index (χ1v) is 3.99. The summed E-state index contributed by atoms with van der Waals surface area (Å²) in [5, 5.41) is 0. The van der Waals surface area contributed by atoms with Crippen molar-refractivity contribution >= 4 is 7.85 Å². The molecule has 1 heteroatoms. The van der Waals surface area contributed by atoms with E-state index in [1.54, 1.807) is 0 Å². The van der Waals surface area contributed by atoms with Gasteiger partial charge in [-0.15, -0.1) is 0 Å². The molecule has 0 aliphatic heterocycles. The second-order valence-corrected chi connectivity index (χ2v) is 3.38. The standard InChI is InChI=1S/C8H15B/c1-3-7-5-8(9)4-6(7)2/h6-8H,3-5H2,1-2H3. The van der Waals surface area contributed by atoms with E-state index < -0.39 is 0 Å². The predicted molar refractivity (Wildman–Crippen MR) is 41.7 cm³/mol. The van der Waals surface area contributed by atoms with Crippen LogP contribution in [-0.2, 0) is 0 Å². The molecule has 1 aliphatic rings. The van der Waals surface area contributed by atoms with Crippen LogP contribution in [0.4, 0.5) is 0 Å². The van der Waals surface area contributed by atoms with Gasteiger partial charge in [0, 0.05) is 0 Å². The highest BCUT2D eigenvalue weighted by Crippen LogP contribution is 2.39. The van der Waals surface area contributed by atoms with Gasteiger partial charge in [0.1, 0.15) is 0 Å². The molecule has 0 aromatic heterocycles. The Bertz CT molecular complexity index is 90.6. The molecule has 0 N–H and O–H groups in total. The molecule has 0 saturated heterocycles.